The van der Waals surface area contributed by atoms with E-state index < -0.39 is 0 Å². The summed E-state index contributed by atoms with van der Waals surface area (Å²) in [6.07, 6.45) is 0. The van der Waals surface area contributed by atoms with E-state index in [1.807, 2.05) is 12.1 Å². The second-order valence-electron chi connectivity index (χ2n) is 2.80. The molecule has 1 N–H and O–H groups in total. The van der Waals surface area contributed by atoms with E-state index in [9.17, 15) is 0 Å². The lowest BCUT2D eigenvalue weighted by Gasteiger charge is -2.03. The van der Waals surface area contributed by atoms with Crippen LogP contribution in [0.15, 0.2) is 28.7 Å². The van der Waals surface area contributed by atoms with Crippen molar-refractivity contribution in [2.75, 3.05) is 20.3 Å². The Morgan fingerprint density at radius 3 is 2.50 bits per heavy atom. The molecule has 1 aromatic carbocycles. The number of rotatable bonds is 5. The Morgan fingerprint density at radius 1 is 1.29 bits per heavy atom. The van der Waals surface area contributed by atoms with E-state index in [0.29, 0.717) is 0 Å². The van der Waals surface area contributed by atoms with Gasteiger partial charge >= 0.3 is 0 Å². The van der Waals surface area contributed by atoms with Gasteiger partial charge < -0.3 is 10.1 Å². The molecule has 0 unspecified atom stereocenters. The molecule has 0 spiro atoms. The van der Waals surface area contributed by atoms with Crippen molar-refractivity contribution >= 4 is 28.3 Å². The smallest absolute Gasteiger partial charge is 0.0587 e. The van der Waals surface area contributed by atoms with Gasteiger partial charge in [-0.3, -0.25) is 0 Å². The van der Waals surface area contributed by atoms with E-state index in [1.54, 1.807) is 7.11 Å². The van der Waals surface area contributed by atoms with Gasteiger partial charge in [0, 0.05) is 24.7 Å². The normalized spacial score (nSPS) is 9.57. The zero-order valence-electron chi connectivity index (χ0n) is 8.13. The summed E-state index contributed by atoms with van der Waals surface area (Å²) in [6.45, 7) is 2.56. The van der Waals surface area contributed by atoms with E-state index in [-0.39, 0.29) is 12.4 Å². The van der Waals surface area contributed by atoms with Gasteiger partial charge in [-0.1, -0.05) is 28.1 Å². The molecule has 80 valence electrons. The average Bonchev–Trinajstić information content (AvgIpc) is 2.15. The van der Waals surface area contributed by atoms with Crippen LogP contribution in [-0.2, 0) is 11.3 Å². The van der Waals surface area contributed by atoms with E-state index in [2.05, 4.69) is 33.4 Å². The van der Waals surface area contributed by atoms with Crippen LogP contribution in [0.5, 0.6) is 0 Å². The molecule has 0 aliphatic carbocycles. The quantitative estimate of drug-likeness (QED) is 0.837. The maximum Gasteiger partial charge on any atom is 0.0587 e. The number of methoxy groups -OCH3 is 1. The zero-order chi connectivity index (χ0) is 9.52. The highest BCUT2D eigenvalue weighted by atomic mass is 79.9. The van der Waals surface area contributed by atoms with Gasteiger partial charge in [0.15, 0.2) is 0 Å². The Morgan fingerprint density at radius 2 is 1.93 bits per heavy atom. The summed E-state index contributed by atoms with van der Waals surface area (Å²) in [5.74, 6) is 0. The van der Waals surface area contributed by atoms with Crippen molar-refractivity contribution in [1.82, 2.24) is 5.32 Å². The highest BCUT2D eigenvalue weighted by Gasteiger charge is 1.91. The first-order valence-electron chi connectivity index (χ1n) is 4.27. The average molecular weight is 281 g/mol. The molecule has 2 nitrogen and oxygen atoms in total. The van der Waals surface area contributed by atoms with Crippen molar-refractivity contribution in [3.05, 3.63) is 34.3 Å². The summed E-state index contributed by atoms with van der Waals surface area (Å²) in [5.41, 5.74) is 1.29. The third-order valence-corrected chi connectivity index (χ3v) is 2.25. The van der Waals surface area contributed by atoms with Gasteiger partial charge in [0.2, 0.25) is 0 Å². The first-order chi connectivity index (χ1) is 6.33. The third-order valence-electron chi connectivity index (χ3n) is 1.73. The Kier molecular flexibility index (Phi) is 8.18. The number of benzene rings is 1. The predicted octanol–water partition coefficient (Wildman–Crippen LogP) is 2.61. The lowest BCUT2D eigenvalue weighted by molar-refractivity contribution is 0.199. The Labute approximate surface area is 99.6 Å². The van der Waals surface area contributed by atoms with Crippen molar-refractivity contribution in [2.45, 2.75) is 6.54 Å². The number of ether oxygens (including phenoxy) is 1. The molecule has 1 rings (SSSR count). The van der Waals surface area contributed by atoms with Gasteiger partial charge in [-0.05, 0) is 17.7 Å². The fraction of sp³-hybridized carbons (Fsp3) is 0.400. The number of halogens is 2. The maximum atomic E-state index is 4.93. The van der Waals surface area contributed by atoms with Gasteiger partial charge in [0.1, 0.15) is 0 Å². The van der Waals surface area contributed by atoms with Crippen LogP contribution in [0.25, 0.3) is 0 Å². The van der Waals surface area contributed by atoms with Crippen molar-refractivity contribution in [2.24, 2.45) is 0 Å². The fourth-order valence-corrected chi connectivity index (χ4v) is 1.27. The molecule has 0 amide bonds. The standard InChI is InChI=1S/C10H14BrNO.ClH/c1-13-7-6-12-8-9-2-4-10(11)5-3-9;/h2-5,12H,6-8H2,1H3;1H. The van der Waals surface area contributed by atoms with E-state index in [4.69, 9.17) is 4.74 Å². The Balaban J connectivity index is 0.00000169. The van der Waals surface area contributed by atoms with Crippen LogP contribution < -0.4 is 5.32 Å². The van der Waals surface area contributed by atoms with E-state index in [1.165, 1.54) is 5.56 Å². The van der Waals surface area contributed by atoms with E-state index in [0.717, 1.165) is 24.2 Å². The number of hydrogen-bond donors (Lipinski definition) is 1. The monoisotopic (exact) mass is 279 g/mol. The highest BCUT2D eigenvalue weighted by Crippen LogP contribution is 2.09. The second-order valence-corrected chi connectivity index (χ2v) is 3.71. The molecule has 0 aliphatic rings. The van der Waals surface area contributed by atoms with Gasteiger partial charge in [-0.15, -0.1) is 12.4 Å². The first-order valence-corrected chi connectivity index (χ1v) is 5.06. The summed E-state index contributed by atoms with van der Waals surface area (Å²) >= 11 is 3.40. The lowest BCUT2D eigenvalue weighted by atomic mass is 10.2. The molecule has 0 aliphatic heterocycles. The molecule has 0 saturated heterocycles. The predicted molar refractivity (Wildman–Crippen MR) is 65.0 cm³/mol. The molecule has 1 aromatic rings. The van der Waals surface area contributed by atoms with Crippen LogP contribution in [0.2, 0.25) is 0 Å². The highest BCUT2D eigenvalue weighted by molar-refractivity contribution is 9.10. The topological polar surface area (TPSA) is 21.3 Å². The number of nitrogens with one attached hydrogen (secondary N) is 1. The van der Waals surface area contributed by atoms with Crippen LogP contribution in [-0.4, -0.2) is 20.3 Å². The van der Waals surface area contributed by atoms with Crippen LogP contribution in [0.1, 0.15) is 5.56 Å². The van der Waals surface area contributed by atoms with Crippen LogP contribution in [0, 0.1) is 0 Å². The molecule has 0 bridgehead atoms. The summed E-state index contributed by atoms with van der Waals surface area (Å²) in [4.78, 5) is 0. The molecule has 0 atom stereocenters. The Hall–Kier alpha value is -0.0900. The maximum absolute atomic E-state index is 4.93. The minimum Gasteiger partial charge on any atom is -0.383 e. The molecule has 0 fully saturated rings. The summed E-state index contributed by atoms with van der Waals surface area (Å²) in [6, 6.07) is 8.30. The van der Waals surface area contributed by atoms with Crippen molar-refractivity contribution in [3.8, 4) is 0 Å². The minimum atomic E-state index is 0. The lowest BCUT2D eigenvalue weighted by Crippen LogP contribution is -2.18. The molecule has 4 heteroatoms. The van der Waals surface area contributed by atoms with Crippen LogP contribution in [0.4, 0.5) is 0 Å². The second kappa shape index (κ2) is 8.24. The van der Waals surface area contributed by atoms with Crippen molar-refractivity contribution in [1.29, 1.82) is 0 Å². The molecule has 0 radical (unpaired) electrons. The summed E-state index contributed by atoms with van der Waals surface area (Å²) in [7, 11) is 1.71. The molecule has 0 saturated carbocycles. The van der Waals surface area contributed by atoms with Gasteiger partial charge in [-0.2, -0.15) is 0 Å². The minimum absolute atomic E-state index is 0. The third kappa shape index (κ3) is 5.60. The van der Waals surface area contributed by atoms with Crippen LogP contribution in [0.3, 0.4) is 0 Å². The largest absolute Gasteiger partial charge is 0.383 e. The molecule has 0 heterocycles. The van der Waals surface area contributed by atoms with Gasteiger partial charge in [-0.25, -0.2) is 0 Å². The molecule has 0 aromatic heterocycles. The van der Waals surface area contributed by atoms with Crippen molar-refractivity contribution < 1.29 is 4.74 Å². The zero-order valence-corrected chi connectivity index (χ0v) is 10.5. The van der Waals surface area contributed by atoms with Gasteiger partial charge in [0.25, 0.3) is 0 Å². The molecular formula is C10H15BrClNO. The fourth-order valence-electron chi connectivity index (χ4n) is 1.01. The van der Waals surface area contributed by atoms with Gasteiger partial charge in [0.05, 0.1) is 6.61 Å². The first kappa shape index (κ1) is 13.9. The summed E-state index contributed by atoms with van der Waals surface area (Å²) < 4.78 is 6.05. The van der Waals surface area contributed by atoms with E-state index >= 15 is 0 Å². The van der Waals surface area contributed by atoms with Crippen LogP contribution >= 0.6 is 28.3 Å². The summed E-state index contributed by atoms with van der Waals surface area (Å²) in [5, 5.41) is 3.28. The van der Waals surface area contributed by atoms with Crippen molar-refractivity contribution in [3.63, 3.8) is 0 Å². The SMILES string of the molecule is COCCNCc1ccc(Br)cc1.Cl. The number of hydrogen-bond acceptors (Lipinski definition) is 2. The molecule has 14 heavy (non-hydrogen) atoms. The molecular weight excluding hydrogens is 265 g/mol. The Bertz CT molecular complexity index is 240.